The van der Waals surface area contributed by atoms with E-state index in [2.05, 4.69) is 27.3 Å². The minimum atomic E-state index is 0.666. The van der Waals surface area contributed by atoms with Crippen molar-refractivity contribution in [1.82, 2.24) is 19.7 Å². The van der Waals surface area contributed by atoms with Crippen molar-refractivity contribution in [1.29, 1.82) is 0 Å². The number of rotatable bonds is 4. The Morgan fingerprint density at radius 3 is 2.50 bits per heavy atom. The molecule has 0 aliphatic carbocycles. The molecule has 2 aromatic rings. The Bertz CT molecular complexity index is 544. The predicted octanol–water partition coefficient (Wildman–Crippen LogP) is 2.41. The minimum Gasteiger partial charge on any atom is -0.354 e. The van der Waals surface area contributed by atoms with Gasteiger partial charge in [-0.15, -0.1) is 0 Å². The normalized spacial score (nSPS) is 10.7. The molecule has 0 aliphatic rings. The maximum absolute atomic E-state index is 4.49. The summed E-state index contributed by atoms with van der Waals surface area (Å²) in [6.07, 6.45) is 1.05. The summed E-state index contributed by atoms with van der Waals surface area (Å²) in [7, 11) is 0. The number of aromatic nitrogens is 4. The third kappa shape index (κ3) is 2.67. The zero-order chi connectivity index (χ0) is 13.1. The van der Waals surface area contributed by atoms with E-state index in [0.717, 1.165) is 35.9 Å². The van der Waals surface area contributed by atoms with Gasteiger partial charge in [-0.3, -0.25) is 0 Å². The Balaban J connectivity index is 2.38. The molecule has 5 nitrogen and oxygen atoms in total. The largest absolute Gasteiger partial charge is 0.354 e. The topological polar surface area (TPSA) is 55.6 Å². The Hall–Kier alpha value is -1.91. The van der Waals surface area contributed by atoms with Crippen molar-refractivity contribution in [3.05, 3.63) is 29.2 Å². The first-order valence-corrected chi connectivity index (χ1v) is 6.23. The second-order valence-electron chi connectivity index (χ2n) is 4.46. The summed E-state index contributed by atoms with van der Waals surface area (Å²) in [5, 5.41) is 7.65. The summed E-state index contributed by atoms with van der Waals surface area (Å²) >= 11 is 0. The molecule has 96 valence electrons. The molecule has 0 aromatic carbocycles. The third-order valence-electron chi connectivity index (χ3n) is 2.60. The molecule has 2 aromatic heterocycles. The SMILES string of the molecule is CCCNc1nc(C)cc(-n2nc(C)cc2C)n1. The van der Waals surface area contributed by atoms with Gasteiger partial charge in [0.1, 0.15) is 0 Å². The highest BCUT2D eigenvalue weighted by Crippen LogP contribution is 2.12. The van der Waals surface area contributed by atoms with Crippen molar-refractivity contribution in [2.45, 2.75) is 34.1 Å². The Kier molecular flexibility index (Phi) is 3.60. The monoisotopic (exact) mass is 245 g/mol. The number of hydrogen-bond acceptors (Lipinski definition) is 4. The Morgan fingerprint density at radius 2 is 1.89 bits per heavy atom. The van der Waals surface area contributed by atoms with Crippen LogP contribution < -0.4 is 5.32 Å². The molecule has 0 saturated heterocycles. The maximum Gasteiger partial charge on any atom is 0.224 e. The van der Waals surface area contributed by atoms with Gasteiger partial charge in [-0.05, 0) is 33.3 Å². The van der Waals surface area contributed by atoms with E-state index in [9.17, 15) is 0 Å². The molecule has 0 atom stereocenters. The van der Waals surface area contributed by atoms with Crippen molar-refractivity contribution < 1.29 is 0 Å². The van der Waals surface area contributed by atoms with Gasteiger partial charge in [-0.2, -0.15) is 10.1 Å². The first-order chi connectivity index (χ1) is 8.60. The van der Waals surface area contributed by atoms with Crippen LogP contribution in [0.15, 0.2) is 12.1 Å². The van der Waals surface area contributed by atoms with Gasteiger partial charge < -0.3 is 5.32 Å². The van der Waals surface area contributed by atoms with E-state index < -0.39 is 0 Å². The first-order valence-electron chi connectivity index (χ1n) is 6.23. The van der Waals surface area contributed by atoms with Gasteiger partial charge in [0.05, 0.1) is 5.69 Å². The molecule has 2 heterocycles. The quantitative estimate of drug-likeness (QED) is 0.898. The van der Waals surface area contributed by atoms with Crippen molar-refractivity contribution in [3.8, 4) is 5.82 Å². The zero-order valence-corrected chi connectivity index (χ0v) is 11.4. The lowest BCUT2D eigenvalue weighted by Gasteiger charge is -2.08. The average Bonchev–Trinajstić information content (AvgIpc) is 2.65. The van der Waals surface area contributed by atoms with Crippen LogP contribution >= 0.6 is 0 Å². The van der Waals surface area contributed by atoms with Crippen LogP contribution in [-0.2, 0) is 0 Å². The molecule has 18 heavy (non-hydrogen) atoms. The van der Waals surface area contributed by atoms with Gasteiger partial charge in [-0.25, -0.2) is 9.67 Å². The van der Waals surface area contributed by atoms with Gasteiger partial charge >= 0.3 is 0 Å². The van der Waals surface area contributed by atoms with E-state index in [1.807, 2.05) is 37.6 Å². The van der Waals surface area contributed by atoms with Crippen LogP contribution in [0.4, 0.5) is 5.95 Å². The van der Waals surface area contributed by atoms with Crippen LogP contribution in [0, 0.1) is 20.8 Å². The summed E-state index contributed by atoms with van der Waals surface area (Å²) in [6, 6.07) is 3.98. The fraction of sp³-hybridized carbons (Fsp3) is 0.462. The van der Waals surface area contributed by atoms with Crippen molar-refractivity contribution in [3.63, 3.8) is 0 Å². The highest BCUT2D eigenvalue weighted by Gasteiger charge is 2.07. The summed E-state index contributed by atoms with van der Waals surface area (Å²) < 4.78 is 1.85. The smallest absolute Gasteiger partial charge is 0.224 e. The van der Waals surface area contributed by atoms with Gasteiger partial charge in [0.15, 0.2) is 5.82 Å². The zero-order valence-electron chi connectivity index (χ0n) is 11.4. The fourth-order valence-electron chi connectivity index (χ4n) is 1.84. The van der Waals surface area contributed by atoms with E-state index in [-0.39, 0.29) is 0 Å². The van der Waals surface area contributed by atoms with E-state index in [1.165, 1.54) is 0 Å². The second-order valence-corrected chi connectivity index (χ2v) is 4.46. The lowest BCUT2D eigenvalue weighted by molar-refractivity contribution is 0.796. The van der Waals surface area contributed by atoms with Crippen LogP contribution in [0.3, 0.4) is 0 Å². The molecular weight excluding hydrogens is 226 g/mol. The van der Waals surface area contributed by atoms with Gasteiger partial charge in [0, 0.05) is 24.0 Å². The van der Waals surface area contributed by atoms with Crippen LogP contribution in [0.25, 0.3) is 5.82 Å². The van der Waals surface area contributed by atoms with Gasteiger partial charge in [0.2, 0.25) is 5.95 Å². The standard InChI is InChI=1S/C13H19N5/c1-5-6-14-13-15-9(2)8-12(16-13)18-11(4)7-10(3)17-18/h7-8H,5-6H2,1-4H3,(H,14,15,16). The fourth-order valence-corrected chi connectivity index (χ4v) is 1.84. The maximum atomic E-state index is 4.49. The number of aryl methyl sites for hydroxylation is 3. The average molecular weight is 245 g/mol. The van der Waals surface area contributed by atoms with Crippen molar-refractivity contribution >= 4 is 5.95 Å². The number of hydrogen-bond donors (Lipinski definition) is 1. The van der Waals surface area contributed by atoms with E-state index in [0.29, 0.717) is 5.95 Å². The van der Waals surface area contributed by atoms with Gasteiger partial charge in [0.25, 0.3) is 0 Å². The molecule has 2 rings (SSSR count). The molecule has 0 amide bonds. The number of nitrogens with one attached hydrogen (secondary N) is 1. The molecule has 0 saturated carbocycles. The summed E-state index contributed by atoms with van der Waals surface area (Å²) in [4.78, 5) is 8.86. The molecule has 0 radical (unpaired) electrons. The van der Waals surface area contributed by atoms with E-state index in [1.54, 1.807) is 0 Å². The van der Waals surface area contributed by atoms with Crippen LogP contribution in [0.1, 0.15) is 30.4 Å². The summed E-state index contributed by atoms with van der Waals surface area (Å²) in [5.41, 5.74) is 3.00. The molecule has 0 fully saturated rings. The second kappa shape index (κ2) is 5.16. The third-order valence-corrected chi connectivity index (χ3v) is 2.60. The molecular formula is C13H19N5. The predicted molar refractivity (Wildman–Crippen MR) is 72.1 cm³/mol. The highest BCUT2D eigenvalue weighted by atomic mass is 15.3. The van der Waals surface area contributed by atoms with Crippen molar-refractivity contribution in [2.75, 3.05) is 11.9 Å². The van der Waals surface area contributed by atoms with E-state index >= 15 is 0 Å². The van der Waals surface area contributed by atoms with Gasteiger partial charge in [-0.1, -0.05) is 6.92 Å². The molecule has 1 N–H and O–H groups in total. The summed E-state index contributed by atoms with van der Waals surface area (Å²) in [5.74, 6) is 1.48. The Morgan fingerprint density at radius 1 is 1.11 bits per heavy atom. The minimum absolute atomic E-state index is 0.666. The van der Waals surface area contributed by atoms with E-state index in [4.69, 9.17) is 0 Å². The number of nitrogens with zero attached hydrogens (tertiary/aromatic N) is 4. The van der Waals surface area contributed by atoms with Crippen molar-refractivity contribution in [2.24, 2.45) is 0 Å². The summed E-state index contributed by atoms with van der Waals surface area (Å²) in [6.45, 7) is 8.96. The highest BCUT2D eigenvalue weighted by molar-refractivity contribution is 5.35. The van der Waals surface area contributed by atoms with Crippen LogP contribution in [-0.4, -0.2) is 26.3 Å². The lowest BCUT2D eigenvalue weighted by Crippen LogP contribution is -2.09. The van der Waals surface area contributed by atoms with Crippen LogP contribution in [0.2, 0.25) is 0 Å². The molecule has 0 aliphatic heterocycles. The molecule has 0 bridgehead atoms. The molecule has 5 heteroatoms. The molecule has 0 spiro atoms. The first kappa shape index (κ1) is 12.5. The number of anilines is 1. The molecule has 0 unspecified atom stereocenters. The Labute approximate surface area is 107 Å². The lowest BCUT2D eigenvalue weighted by atomic mass is 10.4. The van der Waals surface area contributed by atoms with Crippen LogP contribution in [0.5, 0.6) is 0 Å².